The lowest BCUT2D eigenvalue weighted by Gasteiger charge is -1.97. The average Bonchev–Trinajstić information content (AvgIpc) is 2.47. The van der Waals surface area contributed by atoms with Crippen LogP contribution in [0.3, 0.4) is 0 Å². The van der Waals surface area contributed by atoms with Crippen LogP contribution < -0.4 is 4.68 Å². The van der Waals surface area contributed by atoms with Gasteiger partial charge in [0.15, 0.2) is 24.5 Å². The summed E-state index contributed by atoms with van der Waals surface area (Å²) in [6, 6.07) is 5.02. The number of aromatic nitrogens is 4. The Labute approximate surface area is 109 Å². The average molecular weight is 254 g/mol. The van der Waals surface area contributed by atoms with Crippen LogP contribution in [-0.4, -0.2) is 27.0 Å². The van der Waals surface area contributed by atoms with Gasteiger partial charge in [-0.2, -0.15) is 0 Å². The van der Waals surface area contributed by atoms with Crippen LogP contribution in [0.25, 0.3) is 16.8 Å². The fourth-order valence-electron chi connectivity index (χ4n) is 1.42. The van der Waals surface area contributed by atoms with Gasteiger partial charge >= 0.3 is 0 Å². The predicted molar refractivity (Wildman–Crippen MR) is 65.9 cm³/mol. The number of nitrogens with zero attached hydrogens (tertiary/aromatic N) is 6. The van der Waals surface area contributed by atoms with Crippen molar-refractivity contribution in [3.8, 4) is 11.4 Å². The highest BCUT2D eigenvalue weighted by atomic mass is 16.1. The Morgan fingerprint density at radius 3 is 2.84 bits per heavy atom. The molecule has 0 N–H and O–H groups in total. The van der Waals surface area contributed by atoms with E-state index in [2.05, 4.69) is 20.1 Å². The van der Waals surface area contributed by atoms with Gasteiger partial charge in [-0.05, 0) is 11.2 Å². The van der Waals surface area contributed by atoms with Crippen LogP contribution in [0.2, 0.25) is 0 Å². The van der Waals surface area contributed by atoms with Crippen molar-refractivity contribution in [1.82, 2.24) is 15.1 Å². The molecule has 2 heterocycles. The van der Waals surface area contributed by atoms with Gasteiger partial charge in [0.1, 0.15) is 6.20 Å². The molecule has 0 aromatic carbocycles. The van der Waals surface area contributed by atoms with Gasteiger partial charge in [-0.1, -0.05) is 4.68 Å². The smallest absolute Gasteiger partial charge is 0.197 e. The molecule has 0 spiro atoms. The van der Waals surface area contributed by atoms with E-state index in [4.69, 9.17) is 5.41 Å². The molecule has 7 nitrogen and oxygen atoms in total. The monoisotopic (exact) mass is 254 g/mol. The molecule has 2 aromatic rings. The Hall–Kier alpha value is -2.79. The SMILES string of the molecule is [N-]=C=NC(=O)CC[n+]1ccc(-c2ncccn2)cn1. The lowest BCUT2D eigenvalue weighted by Crippen LogP contribution is -2.38. The largest absolute Gasteiger partial charge is 0.422 e. The van der Waals surface area contributed by atoms with Gasteiger partial charge in [-0.3, -0.25) is 4.79 Å². The number of hydrogen-bond acceptors (Lipinski definition) is 4. The maximum Gasteiger partial charge on any atom is 0.197 e. The van der Waals surface area contributed by atoms with Gasteiger partial charge in [-0.15, -0.1) is 6.01 Å². The van der Waals surface area contributed by atoms with Crippen LogP contribution in [-0.2, 0) is 11.3 Å². The van der Waals surface area contributed by atoms with Crippen LogP contribution >= 0.6 is 0 Å². The highest BCUT2D eigenvalue weighted by Crippen LogP contribution is 2.09. The van der Waals surface area contributed by atoms with Gasteiger partial charge in [0.25, 0.3) is 0 Å². The molecule has 0 fully saturated rings. The van der Waals surface area contributed by atoms with Crippen LogP contribution in [0.5, 0.6) is 0 Å². The second-order valence-corrected chi connectivity index (χ2v) is 3.61. The molecule has 0 atom stereocenters. The molecule has 0 saturated carbocycles. The molecule has 94 valence electrons. The molecule has 0 unspecified atom stereocenters. The quantitative estimate of drug-likeness (QED) is 0.586. The first kappa shape index (κ1) is 12.7. The minimum Gasteiger partial charge on any atom is -0.422 e. The first-order chi connectivity index (χ1) is 9.29. The van der Waals surface area contributed by atoms with Crippen molar-refractivity contribution in [2.75, 3.05) is 0 Å². The molecule has 0 radical (unpaired) electrons. The van der Waals surface area contributed by atoms with E-state index in [9.17, 15) is 4.79 Å². The zero-order valence-electron chi connectivity index (χ0n) is 9.97. The fourth-order valence-corrected chi connectivity index (χ4v) is 1.42. The van der Waals surface area contributed by atoms with Crippen molar-refractivity contribution in [2.45, 2.75) is 13.0 Å². The summed E-state index contributed by atoms with van der Waals surface area (Å²) in [6.07, 6.45) is 6.82. The topological polar surface area (TPSA) is 94.3 Å². The molecule has 0 saturated heterocycles. The predicted octanol–water partition coefficient (Wildman–Crippen LogP) is 0.486. The van der Waals surface area contributed by atoms with Gasteiger partial charge in [0.05, 0.1) is 6.42 Å². The van der Waals surface area contributed by atoms with Crippen LogP contribution in [0, 0.1) is 0 Å². The number of carbonyl (C=O) groups excluding carboxylic acids is 1. The summed E-state index contributed by atoms with van der Waals surface area (Å²) in [4.78, 5) is 22.4. The van der Waals surface area contributed by atoms with Crippen molar-refractivity contribution >= 4 is 11.9 Å². The van der Waals surface area contributed by atoms with E-state index in [0.29, 0.717) is 12.4 Å². The van der Waals surface area contributed by atoms with E-state index in [1.165, 1.54) is 6.01 Å². The van der Waals surface area contributed by atoms with Crippen LogP contribution in [0.4, 0.5) is 0 Å². The summed E-state index contributed by atoms with van der Waals surface area (Å²) < 4.78 is 1.59. The Morgan fingerprint density at radius 1 is 1.42 bits per heavy atom. The minimum absolute atomic E-state index is 0.145. The van der Waals surface area contributed by atoms with E-state index in [1.807, 2.05) is 6.07 Å². The Balaban J connectivity index is 2.03. The molecular weight excluding hydrogens is 244 g/mol. The van der Waals surface area contributed by atoms with E-state index in [1.54, 1.807) is 35.5 Å². The Morgan fingerprint density at radius 2 is 2.21 bits per heavy atom. The second kappa shape index (κ2) is 6.23. The first-order valence-electron chi connectivity index (χ1n) is 5.55. The summed E-state index contributed by atoms with van der Waals surface area (Å²) in [6.45, 7) is 0.375. The normalized spacial score (nSPS) is 9.68. The maximum atomic E-state index is 11.1. The van der Waals surface area contributed by atoms with Crippen molar-refractivity contribution in [3.05, 3.63) is 42.3 Å². The van der Waals surface area contributed by atoms with Crippen molar-refractivity contribution in [2.24, 2.45) is 4.99 Å². The zero-order chi connectivity index (χ0) is 13.5. The number of aliphatic imine (C=N–C) groups is 1. The zero-order valence-corrected chi connectivity index (χ0v) is 9.97. The Kier molecular flexibility index (Phi) is 4.15. The number of carbonyl (C=O) groups is 1. The second-order valence-electron chi connectivity index (χ2n) is 3.61. The van der Waals surface area contributed by atoms with Crippen LogP contribution in [0.1, 0.15) is 6.42 Å². The van der Waals surface area contributed by atoms with E-state index >= 15 is 0 Å². The summed E-state index contributed by atoms with van der Waals surface area (Å²) in [5, 5.41) is 12.4. The molecule has 0 aliphatic carbocycles. The molecule has 0 aliphatic rings. The highest BCUT2D eigenvalue weighted by Gasteiger charge is 2.07. The molecule has 2 rings (SSSR count). The van der Waals surface area contributed by atoms with Gasteiger partial charge in [0.2, 0.25) is 0 Å². The van der Waals surface area contributed by atoms with Gasteiger partial charge < -0.3 is 10.4 Å². The maximum absolute atomic E-state index is 11.1. The third-order valence-corrected chi connectivity index (χ3v) is 2.32. The Bertz CT molecular complexity index is 604. The van der Waals surface area contributed by atoms with Crippen molar-refractivity contribution < 1.29 is 9.48 Å². The molecule has 1 amide bonds. The van der Waals surface area contributed by atoms with E-state index in [-0.39, 0.29) is 6.42 Å². The first-order valence-corrected chi connectivity index (χ1v) is 5.55. The molecular formula is C12H10N6O. The fraction of sp³-hybridized carbons (Fsp3) is 0.167. The van der Waals surface area contributed by atoms with Crippen molar-refractivity contribution in [1.29, 1.82) is 0 Å². The lowest BCUT2D eigenvalue weighted by atomic mass is 10.3. The third kappa shape index (κ3) is 3.58. The number of rotatable bonds is 4. The summed E-state index contributed by atoms with van der Waals surface area (Å²) in [5.74, 6) is 0.143. The summed E-state index contributed by atoms with van der Waals surface area (Å²) >= 11 is 0. The number of hydrogen-bond donors (Lipinski definition) is 0. The third-order valence-electron chi connectivity index (χ3n) is 2.32. The van der Waals surface area contributed by atoms with Crippen LogP contribution in [0.15, 0.2) is 41.9 Å². The molecule has 2 aromatic heterocycles. The van der Waals surface area contributed by atoms with E-state index in [0.717, 1.165) is 5.56 Å². The number of amides is 1. The van der Waals surface area contributed by atoms with Gasteiger partial charge in [0, 0.05) is 24.0 Å². The number of aryl methyl sites for hydroxylation is 1. The molecule has 0 aliphatic heterocycles. The lowest BCUT2D eigenvalue weighted by molar-refractivity contribution is -0.752. The highest BCUT2D eigenvalue weighted by molar-refractivity contribution is 5.82. The standard InChI is InChI=1S/C12H10N6O/c13-9-16-11(19)3-7-18-6-2-10(8-17-18)12-14-4-1-5-15-12/h1-2,4-6,8H,3,7H2. The van der Waals surface area contributed by atoms with Crippen molar-refractivity contribution in [3.63, 3.8) is 0 Å². The molecule has 0 bridgehead atoms. The van der Waals surface area contributed by atoms with Gasteiger partial charge in [-0.25, -0.2) is 9.97 Å². The summed E-state index contributed by atoms with van der Waals surface area (Å²) in [5.41, 5.74) is 0.796. The minimum atomic E-state index is -0.452. The summed E-state index contributed by atoms with van der Waals surface area (Å²) in [7, 11) is 0. The molecule has 19 heavy (non-hydrogen) atoms. The molecule has 7 heteroatoms. The van der Waals surface area contributed by atoms with E-state index < -0.39 is 5.91 Å².